The maximum Gasteiger partial charge on any atom is 0.139 e. The molecule has 3 aromatic carbocycles. The Kier molecular flexibility index (Phi) is 6.76. The van der Waals surface area contributed by atoms with Gasteiger partial charge < -0.3 is 0 Å². The van der Waals surface area contributed by atoms with E-state index in [0.717, 1.165) is 40.4 Å². The van der Waals surface area contributed by atoms with Crippen LogP contribution in [0, 0.1) is 47.1 Å². The van der Waals surface area contributed by atoms with Gasteiger partial charge in [-0.25, -0.2) is 4.39 Å². The molecule has 0 saturated carbocycles. The van der Waals surface area contributed by atoms with Gasteiger partial charge in [0.05, 0.1) is 4.90 Å². The minimum atomic E-state index is -0.430. The number of aryl methyl sites for hydroxylation is 2. The number of benzene rings is 3. The highest BCUT2D eigenvalue weighted by Crippen LogP contribution is 2.21. The van der Waals surface area contributed by atoms with Gasteiger partial charge in [0.25, 0.3) is 0 Å². The van der Waals surface area contributed by atoms with Gasteiger partial charge in [0.15, 0.2) is 0 Å². The van der Waals surface area contributed by atoms with Gasteiger partial charge >= 0.3 is 0 Å². The maximum absolute atomic E-state index is 14.0. The van der Waals surface area contributed by atoms with E-state index in [-0.39, 0.29) is 0 Å². The summed E-state index contributed by atoms with van der Waals surface area (Å²) in [7, 11) is 0. The number of hydrogen-bond acceptors (Lipinski definition) is 2. The van der Waals surface area contributed by atoms with Crippen LogP contribution in [0.2, 0.25) is 0 Å². The molecule has 0 amide bonds. The second-order valence-electron chi connectivity index (χ2n) is 6.43. The lowest BCUT2D eigenvalue weighted by Crippen LogP contribution is -1.90. The van der Waals surface area contributed by atoms with E-state index in [9.17, 15) is 4.39 Å². The highest BCUT2D eigenvalue weighted by Gasteiger charge is 2.03. The topological polar surface area (TPSA) is 23.8 Å². The Morgan fingerprint density at radius 1 is 0.828 bits per heavy atom. The SMILES string of the molecule is CCc1cc(C#Cc2ccc(C)cc2)ccc1C#Cc1ccc(SC#N)c(F)c1. The number of nitriles is 1. The van der Waals surface area contributed by atoms with Gasteiger partial charge in [0, 0.05) is 22.3 Å². The van der Waals surface area contributed by atoms with Crippen LogP contribution in [0.1, 0.15) is 40.3 Å². The van der Waals surface area contributed by atoms with Crippen LogP contribution in [-0.4, -0.2) is 0 Å². The summed E-state index contributed by atoms with van der Waals surface area (Å²) in [6, 6.07) is 18.8. The van der Waals surface area contributed by atoms with Crippen molar-refractivity contribution in [3.8, 4) is 29.1 Å². The molecule has 3 rings (SSSR count). The van der Waals surface area contributed by atoms with Crippen molar-refractivity contribution < 1.29 is 4.39 Å². The van der Waals surface area contributed by atoms with Crippen molar-refractivity contribution in [1.82, 2.24) is 0 Å². The molecule has 0 N–H and O–H groups in total. The van der Waals surface area contributed by atoms with E-state index in [2.05, 4.69) is 55.7 Å². The fourth-order valence-corrected chi connectivity index (χ4v) is 3.11. The number of nitrogens with zero attached hydrogens (tertiary/aromatic N) is 1. The molecule has 0 aliphatic rings. The van der Waals surface area contributed by atoms with Gasteiger partial charge in [-0.15, -0.1) is 0 Å². The first-order chi connectivity index (χ1) is 14.1. The molecule has 3 aromatic rings. The predicted molar refractivity (Wildman–Crippen MR) is 117 cm³/mol. The fraction of sp³-hybridized carbons (Fsp3) is 0.115. The molecule has 0 aliphatic carbocycles. The molecule has 3 heteroatoms. The summed E-state index contributed by atoms with van der Waals surface area (Å²) < 4.78 is 14.0. The standard InChI is InChI=1S/C26H18FNS/c1-3-23-16-21(9-8-20-6-4-19(2)5-7-20)10-13-24(23)14-11-22-12-15-26(29-18-28)25(27)17-22/h4-7,10,12-13,15-17H,3H2,1-2H3. The smallest absolute Gasteiger partial charge is 0.139 e. The van der Waals surface area contributed by atoms with E-state index >= 15 is 0 Å². The Morgan fingerprint density at radius 3 is 2.14 bits per heavy atom. The van der Waals surface area contributed by atoms with Gasteiger partial charge in [0.2, 0.25) is 0 Å². The quantitative estimate of drug-likeness (QED) is 0.299. The molecule has 0 atom stereocenters. The molecular formula is C26H18FNS. The zero-order valence-corrected chi connectivity index (χ0v) is 17.0. The van der Waals surface area contributed by atoms with Crippen molar-refractivity contribution in [1.29, 1.82) is 5.26 Å². The van der Waals surface area contributed by atoms with Crippen molar-refractivity contribution >= 4 is 11.8 Å². The lowest BCUT2D eigenvalue weighted by molar-refractivity contribution is 0.602. The van der Waals surface area contributed by atoms with E-state index in [1.165, 1.54) is 11.6 Å². The molecule has 1 nitrogen and oxygen atoms in total. The third-order valence-electron chi connectivity index (χ3n) is 4.32. The summed E-state index contributed by atoms with van der Waals surface area (Å²) in [6.07, 6.45) is 0.830. The van der Waals surface area contributed by atoms with Crippen molar-refractivity contribution in [2.24, 2.45) is 0 Å². The Labute approximate surface area is 175 Å². The Balaban J connectivity index is 1.84. The molecule has 0 radical (unpaired) electrons. The summed E-state index contributed by atoms with van der Waals surface area (Å²) in [4.78, 5) is 0.309. The van der Waals surface area contributed by atoms with Crippen LogP contribution in [0.25, 0.3) is 0 Å². The van der Waals surface area contributed by atoms with E-state index in [1.54, 1.807) is 12.1 Å². The normalized spacial score (nSPS) is 9.59. The van der Waals surface area contributed by atoms with E-state index in [4.69, 9.17) is 5.26 Å². The summed E-state index contributed by atoms with van der Waals surface area (Å²) in [5.41, 5.74) is 5.73. The minimum Gasteiger partial charge on any atom is -0.206 e. The first kappa shape index (κ1) is 20.3. The number of halogens is 1. The molecule has 0 aliphatic heterocycles. The highest BCUT2D eigenvalue weighted by atomic mass is 32.2. The molecule has 0 bridgehead atoms. The maximum atomic E-state index is 14.0. The summed E-state index contributed by atoms with van der Waals surface area (Å²) in [5.74, 6) is 12.1. The molecule has 0 fully saturated rings. The zero-order valence-electron chi connectivity index (χ0n) is 16.2. The number of rotatable bonds is 2. The first-order valence-corrected chi connectivity index (χ1v) is 10.00. The third kappa shape index (κ3) is 5.52. The second-order valence-corrected chi connectivity index (χ2v) is 7.26. The zero-order chi connectivity index (χ0) is 20.6. The first-order valence-electron chi connectivity index (χ1n) is 9.18. The fourth-order valence-electron chi connectivity index (χ4n) is 2.72. The molecule has 0 aromatic heterocycles. The summed E-state index contributed by atoms with van der Waals surface area (Å²) >= 11 is 0.806. The molecule has 140 valence electrons. The average molecular weight is 396 g/mol. The lowest BCUT2D eigenvalue weighted by atomic mass is 10.0. The third-order valence-corrected chi connectivity index (χ3v) is 4.96. The van der Waals surface area contributed by atoms with Crippen LogP contribution < -0.4 is 0 Å². The Bertz CT molecular complexity index is 1200. The number of hydrogen-bond donors (Lipinski definition) is 0. The van der Waals surface area contributed by atoms with Crippen LogP contribution in [0.4, 0.5) is 4.39 Å². The Hall–Kier alpha value is -3.45. The van der Waals surface area contributed by atoms with Gasteiger partial charge in [-0.2, -0.15) is 5.26 Å². The average Bonchev–Trinajstić information content (AvgIpc) is 2.74. The largest absolute Gasteiger partial charge is 0.206 e. The van der Waals surface area contributed by atoms with Gasteiger partial charge in [0.1, 0.15) is 11.2 Å². The van der Waals surface area contributed by atoms with Crippen LogP contribution in [0.3, 0.4) is 0 Å². The van der Waals surface area contributed by atoms with Crippen LogP contribution in [-0.2, 0) is 6.42 Å². The van der Waals surface area contributed by atoms with Gasteiger partial charge in [-0.1, -0.05) is 48.3 Å². The monoisotopic (exact) mass is 395 g/mol. The van der Waals surface area contributed by atoms with Crippen LogP contribution >= 0.6 is 11.8 Å². The Morgan fingerprint density at radius 2 is 1.45 bits per heavy atom. The van der Waals surface area contributed by atoms with Crippen molar-refractivity contribution in [2.75, 3.05) is 0 Å². The summed E-state index contributed by atoms with van der Waals surface area (Å²) in [6.45, 7) is 4.13. The molecule has 0 spiro atoms. The van der Waals surface area contributed by atoms with Gasteiger partial charge in [-0.3, -0.25) is 0 Å². The van der Waals surface area contributed by atoms with E-state index in [1.807, 2.05) is 29.7 Å². The molecule has 0 heterocycles. The molecule has 0 saturated heterocycles. The number of thioether (sulfide) groups is 1. The van der Waals surface area contributed by atoms with E-state index in [0.29, 0.717) is 10.5 Å². The highest BCUT2D eigenvalue weighted by molar-refractivity contribution is 8.03. The number of thiocyanates is 1. The van der Waals surface area contributed by atoms with Crippen molar-refractivity contribution in [3.63, 3.8) is 0 Å². The van der Waals surface area contributed by atoms with Gasteiger partial charge in [-0.05, 0) is 79.2 Å². The lowest BCUT2D eigenvalue weighted by Gasteiger charge is -2.02. The van der Waals surface area contributed by atoms with E-state index < -0.39 is 5.82 Å². The second kappa shape index (κ2) is 9.66. The summed E-state index contributed by atoms with van der Waals surface area (Å²) in [5, 5.41) is 10.5. The predicted octanol–water partition coefficient (Wildman–Crippen LogP) is 6.07. The van der Waals surface area contributed by atoms with Crippen LogP contribution in [0.15, 0.2) is 65.6 Å². The molecule has 29 heavy (non-hydrogen) atoms. The van der Waals surface area contributed by atoms with Crippen LogP contribution in [0.5, 0.6) is 0 Å². The van der Waals surface area contributed by atoms with Crippen molar-refractivity contribution in [2.45, 2.75) is 25.2 Å². The molecular weight excluding hydrogens is 377 g/mol. The van der Waals surface area contributed by atoms with Crippen molar-refractivity contribution in [3.05, 3.63) is 99.9 Å². The minimum absolute atomic E-state index is 0.309. The molecule has 0 unspecified atom stereocenters.